The van der Waals surface area contributed by atoms with Crippen molar-refractivity contribution in [1.29, 1.82) is 10.8 Å². The zero-order valence-electron chi connectivity index (χ0n) is 41.4. The molecule has 17 heteroatoms. The van der Waals surface area contributed by atoms with Crippen molar-refractivity contribution in [2.24, 2.45) is 11.8 Å². The molecule has 2 saturated heterocycles. The van der Waals surface area contributed by atoms with Crippen molar-refractivity contribution in [3.63, 3.8) is 0 Å². The van der Waals surface area contributed by atoms with Gasteiger partial charge in [0.15, 0.2) is 17.1 Å². The summed E-state index contributed by atoms with van der Waals surface area (Å²) in [5.74, 6) is -1.18. The molecule has 2 aliphatic heterocycles. The van der Waals surface area contributed by atoms with Gasteiger partial charge in [-0.2, -0.15) is 10.2 Å². The van der Waals surface area contributed by atoms with Crippen LogP contribution in [0.1, 0.15) is 49.7 Å². The van der Waals surface area contributed by atoms with Gasteiger partial charge in [0.1, 0.15) is 0 Å². The molecule has 0 amide bonds. The number of benzene rings is 4. The minimum absolute atomic E-state index is 0. The first-order chi connectivity index (χ1) is 35.3. The van der Waals surface area contributed by atoms with Crippen LogP contribution in [-0.4, -0.2) is 123 Å². The predicted octanol–water partition coefficient (Wildman–Crippen LogP) is 11.9. The third-order valence-corrected chi connectivity index (χ3v) is 15.7. The predicted molar refractivity (Wildman–Crippen MR) is 307 cm³/mol. The summed E-state index contributed by atoms with van der Waals surface area (Å²) < 4.78 is 0. The highest BCUT2D eigenvalue weighted by Gasteiger charge is 2.48. The molecular weight excluding hydrogens is 1010 g/mol. The summed E-state index contributed by atoms with van der Waals surface area (Å²) in [5.41, 5.74) is 9.71. The molecule has 6 atom stereocenters. The number of carbonyl (C=O) groups is 1. The summed E-state index contributed by atoms with van der Waals surface area (Å²) in [5, 5.41) is 36.1. The Bertz CT molecular complexity index is 2910. The number of anilines is 2. The van der Waals surface area contributed by atoms with Gasteiger partial charge in [0, 0.05) is 110 Å². The summed E-state index contributed by atoms with van der Waals surface area (Å²) in [4.78, 5) is 36.1. The minimum atomic E-state index is -0.642. The molecule has 2 fully saturated rings. The van der Waals surface area contributed by atoms with Crippen LogP contribution in [0, 0.1) is 22.7 Å². The fourth-order valence-corrected chi connectivity index (χ4v) is 11.8. The molecule has 6 heterocycles. The van der Waals surface area contributed by atoms with Gasteiger partial charge in [-0.1, -0.05) is 122 Å². The Balaban J connectivity index is 0.00000364. The van der Waals surface area contributed by atoms with E-state index in [1.54, 1.807) is 12.4 Å². The number of fused-ring (bicyclic) bond motifs is 2. The molecule has 0 saturated carbocycles. The average Bonchev–Trinajstić information content (AvgIpc) is 4.13. The maximum Gasteiger partial charge on any atom is 0.168 e. The number of Topliss-reactive ketones (excluding diaryl/α,β-unsaturated/α-hetero) is 1. The van der Waals surface area contributed by atoms with Gasteiger partial charge >= 0.3 is 0 Å². The van der Waals surface area contributed by atoms with Crippen molar-refractivity contribution in [2.45, 2.75) is 50.6 Å². The molecule has 0 aliphatic carbocycles. The molecule has 2 unspecified atom stereocenters. The van der Waals surface area contributed by atoms with Gasteiger partial charge in [-0.25, -0.2) is 9.97 Å². The Labute approximate surface area is 454 Å². The van der Waals surface area contributed by atoms with Gasteiger partial charge in [-0.15, -0.1) is 24.8 Å². The van der Waals surface area contributed by atoms with E-state index in [4.69, 9.17) is 44.0 Å². The Hall–Kier alpha value is -6.19. The van der Waals surface area contributed by atoms with Crippen LogP contribution in [0.25, 0.3) is 44.3 Å². The summed E-state index contributed by atoms with van der Waals surface area (Å²) >= 11 is 13.2. The molecule has 74 heavy (non-hydrogen) atoms. The zero-order valence-corrected chi connectivity index (χ0v) is 44.6. The molecule has 13 nitrogen and oxygen atoms in total. The van der Waals surface area contributed by atoms with Crippen molar-refractivity contribution in [3.8, 4) is 22.3 Å². The molecule has 10 rings (SSSR count). The Morgan fingerprint density at radius 3 is 1.26 bits per heavy atom. The van der Waals surface area contributed by atoms with Gasteiger partial charge in [0.2, 0.25) is 0 Å². The third-order valence-electron chi connectivity index (χ3n) is 15.2. The van der Waals surface area contributed by atoms with Crippen molar-refractivity contribution < 1.29 is 4.79 Å². The Kier molecular flexibility index (Phi) is 17.9. The van der Waals surface area contributed by atoms with Crippen molar-refractivity contribution in [2.75, 3.05) is 62.2 Å². The Morgan fingerprint density at radius 2 is 0.919 bits per heavy atom. The number of rotatable bonds is 18. The number of carbonyl (C=O) groups excluding carboxylic acids is 1. The lowest BCUT2D eigenvalue weighted by Gasteiger charge is -2.49. The maximum atomic E-state index is 17.0. The van der Waals surface area contributed by atoms with Crippen LogP contribution in [0.5, 0.6) is 0 Å². The lowest BCUT2D eigenvalue weighted by atomic mass is 9.71. The number of H-pyrrole nitrogens is 2. The molecule has 0 radical (unpaired) electrons. The molecule has 8 aromatic rings. The molecule has 4 aromatic carbocycles. The Morgan fingerprint density at radius 1 is 0.554 bits per heavy atom. The molecule has 0 spiro atoms. The molecule has 384 valence electrons. The van der Waals surface area contributed by atoms with Gasteiger partial charge in [0.25, 0.3) is 0 Å². The number of hydrogen-bond acceptors (Lipinski definition) is 11. The van der Waals surface area contributed by atoms with E-state index in [1.165, 1.54) is 0 Å². The first kappa shape index (κ1) is 54.1. The second-order valence-corrected chi connectivity index (χ2v) is 19.9. The lowest BCUT2D eigenvalue weighted by Crippen LogP contribution is -2.63. The number of aromatic amines is 2. The van der Waals surface area contributed by atoms with Crippen LogP contribution in [-0.2, 0) is 4.79 Å². The summed E-state index contributed by atoms with van der Waals surface area (Å²) in [6.45, 7) is 9.13. The normalized spacial score (nSPS) is 16.9. The SMILES string of the molecule is CC[C@H](C=N)[C@@H](c1ccc(Cl)cc1)C(C(=O)C([C@H](c1ccc(Cl)cc1)[C@@H](C=N)CC)N1CCN(c2c(-c3ccccc3)cnc3[nH]ncc23)CC1)N1CCN(c2c(-c3ccccc3)cnc3[nH]ncc23)CC1.Cl.Cl. The quantitative estimate of drug-likeness (QED) is 0.0613. The van der Waals surface area contributed by atoms with Crippen molar-refractivity contribution in [3.05, 3.63) is 155 Å². The van der Waals surface area contributed by atoms with E-state index < -0.39 is 12.1 Å². The monoisotopic (exact) mass is 1070 g/mol. The van der Waals surface area contributed by atoms with Gasteiger partial charge in [-0.3, -0.25) is 24.8 Å². The fraction of sp³-hybridized carbons (Fsp3) is 0.316. The number of piperazine rings is 2. The van der Waals surface area contributed by atoms with E-state index in [9.17, 15) is 0 Å². The fourth-order valence-electron chi connectivity index (χ4n) is 11.6. The first-order valence-electron chi connectivity index (χ1n) is 25.1. The third kappa shape index (κ3) is 10.8. The lowest BCUT2D eigenvalue weighted by molar-refractivity contribution is -0.132. The van der Waals surface area contributed by atoms with E-state index in [2.05, 4.69) is 78.1 Å². The second-order valence-electron chi connectivity index (χ2n) is 19.0. The number of nitrogens with zero attached hydrogens (tertiary/aromatic N) is 8. The number of hydrogen-bond donors (Lipinski definition) is 4. The van der Waals surface area contributed by atoms with Crippen molar-refractivity contribution in [1.82, 2.24) is 40.2 Å². The highest BCUT2D eigenvalue weighted by atomic mass is 35.5. The first-order valence-corrected chi connectivity index (χ1v) is 25.8. The van der Waals surface area contributed by atoms with E-state index in [0.717, 1.165) is 66.8 Å². The average molecular weight is 1070 g/mol. The second kappa shape index (κ2) is 24.4. The number of halogens is 4. The molecule has 4 aromatic heterocycles. The van der Waals surface area contributed by atoms with Gasteiger partial charge in [-0.05, 0) is 71.8 Å². The molecule has 2 aliphatic rings. The standard InChI is InChI=1S/C57H60Cl2N12O.2ClH/c1-3-37(31-60)49(41-15-19-43(58)20-16-41)53(70-27-23-68(24-28-70)51-45(39-11-7-5-8-12-39)33-62-56-47(51)35-64-66-56)55(72)54(50(38(4-2)32-61)42-17-21-44(59)22-18-42)71-29-25-69(26-30-71)52-46(40-13-9-6-10-14-40)34-63-57-48(52)36-65-67-57;;/h5-22,31-38,49-50,53-54,60-61H,3-4,23-30H2,1-2H3,(H,62,64,66)(H,63,65,67);2*1H/t37-,38-,49+,50+,53?,54?;;/m1../s1. The molecule has 0 bridgehead atoms. The highest BCUT2D eigenvalue weighted by Crippen LogP contribution is 2.43. The smallest absolute Gasteiger partial charge is 0.168 e. The van der Waals surface area contributed by atoms with Crippen LogP contribution < -0.4 is 9.80 Å². The molecular formula is C57H62Cl4N12O. The number of pyridine rings is 2. The summed E-state index contributed by atoms with van der Waals surface area (Å²) in [7, 11) is 0. The van der Waals surface area contributed by atoms with Crippen LogP contribution in [0.4, 0.5) is 11.4 Å². The number of ketones is 1. The molecule has 4 N–H and O–H groups in total. The highest BCUT2D eigenvalue weighted by molar-refractivity contribution is 6.30. The van der Waals surface area contributed by atoms with E-state index in [0.29, 0.717) is 75.2 Å². The van der Waals surface area contributed by atoms with Crippen LogP contribution in [0.3, 0.4) is 0 Å². The van der Waals surface area contributed by atoms with Crippen LogP contribution in [0.15, 0.2) is 134 Å². The van der Waals surface area contributed by atoms with Gasteiger partial charge < -0.3 is 20.6 Å². The number of aromatic nitrogens is 6. The van der Waals surface area contributed by atoms with E-state index in [-0.39, 0.29) is 54.3 Å². The van der Waals surface area contributed by atoms with Crippen LogP contribution in [0.2, 0.25) is 10.0 Å². The minimum Gasteiger partial charge on any atom is -0.368 e. The maximum absolute atomic E-state index is 17.0. The van der Waals surface area contributed by atoms with Crippen molar-refractivity contribution >= 4 is 99.7 Å². The zero-order chi connectivity index (χ0) is 49.7. The van der Waals surface area contributed by atoms with E-state index >= 15 is 4.79 Å². The topological polar surface area (TPSA) is 161 Å². The van der Waals surface area contributed by atoms with Crippen LogP contribution >= 0.6 is 48.0 Å². The number of nitrogens with one attached hydrogen (secondary N) is 4. The van der Waals surface area contributed by atoms with Gasteiger partial charge in [0.05, 0.1) is 46.6 Å². The van der Waals surface area contributed by atoms with E-state index in [1.807, 2.05) is 110 Å². The summed E-state index contributed by atoms with van der Waals surface area (Å²) in [6.07, 6.45) is 12.0. The summed E-state index contributed by atoms with van der Waals surface area (Å²) in [6, 6.07) is 35.2. The largest absolute Gasteiger partial charge is 0.368 e.